The first-order chi connectivity index (χ1) is 16.5. The molecule has 3 heterocycles. The van der Waals surface area contributed by atoms with E-state index in [1.165, 1.54) is 0 Å². The van der Waals surface area contributed by atoms with E-state index in [2.05, 4.69) is 20.9 Å². The first kappa shape index (κ1) is 21.7. The molecule has 2 atom stereocenters. The number of carbonyl (C=O) groups excluding carboxylic acids is 3. The molecule has 3 aromatic rings. The SMILES string of the molecule is COc1ccc(C2CNCC(C(=O)Nc3ccc4c(c3)NC(=O)/C4=C\c3ccc[nH]3)C2=O)cc1. The van der Waals surface area contributed by atoms with Crippen LogP contribution in [0.15, 0.2) is 60.8 Å². The van der Waals surface area contributed by atoms with Crippen molar-refractivity contribution < 1.29 is 19.1 Å². The minimum Gasteiger partial charge on any atom is -0.497 e. The number of ether oxygens (including phenoxy) is 1. The molecule has 1 aromatic heterocycles. The molecule has 4 N–H and O–H groups in total. The lowest BCUT2D eigenvalue weighted by molar-refractivity contribution is -0.133. The Morgan fingerprint density at radius 3 is 2.65 bits per heavy atom. The van der Waals surface area contributed by atoms with Gasteiger partial charge in [0.15, 0.2) is 5.78 Å². The molecule has 0 bridgehead atoms. The van der Waals surface area contributed by atoms with E-state index < -0.39 is 11.8 Å². The minimum absolute atomic E-state index is 0.118. The van der Waals surface area contributed by atoms with Crippen molar-refractivity contribution in [3.05, 3.63) is 77.6 Å². The van der Waals surface area contributed by atoms with Gasteiger partial charge in [0.05, 0.1) is 24.3 Å². The standard InChI is InChI=1S/C26H24N4O4/c1-34-18-7-4-15(5-8-18)21-13-27-14-22(24(21)31)26(33)29-17-6-9-19-20(11-16-3-2-10-28-16)25(32)30-23(19)12-17/h2-12,21-22,27-28H,13-14H2,1H3,(H,29,33)(H,30,32)/b20-11-. The van der Waals surface area contributed by atoms with Crippen LogP contribution in [0.25, 0.3) is 11.6 Å². The van der Waals surface area contributed by atoms with E-state index in [0.717, 1.165) is 16.8 Å². The largest absolute Gasteiger partial charge is 0.497 e. The second-order valence-corrected chi connectivity index (χ2v) is 8.33. The third-order valence-electron chi connectivity index (χ3n) is 6.21. The highest BCUT2D eigenvalue weighted by Gasteiger charge is 2.36. The molecule has 1 saturated heterocycles. The second-order valence-electron chi connectivity index (χ2n) is 8.33. The summed E-state index contributed by atoms with van der Waals surface area (Å²) in [6.07, 6.45) is 3.57. The maximum absolute atomic E-state index is 13.1. The van der Waals surface area contributed by atoms with Crippen molar-refractivity contribution in [1.82, 2.24) is 10.3 Å². The summed E-state index contributed by atoms with van der Waals surface area (Å²) in [5.41, 5.74) is 4.11. The molecule has 0 radical (unpaired) electrons. The molecule has 34 heavy (non-hydrogen) atoms. The fraction of sp³-hybridized carbons (Fsp3) is 0.192. The molecule has 8 heteroatoms. The Morgan fingerprint density at radius 1 is 1.09 bits per heavy atom. The lowest BCUT2D eigenvalue weighted by atomic mass is 9.83. The van der Waals surface area contributed by atoms with Crippen LogP contribution >= 0.6 is 0 Å². The van der Waals surface area contributed by atoms with Crippen molar-refractivity contribution in [3.8, 4) is 5.75 Å². The summed E-state index contributed by atoms with van der Waals surface area (Å²) in [6, 6.07) is 16.3. The Kier molecular flexibility index (Phi) is 5.73. The zero-order chi connectivity index (χ0) is 23.7. The molecule has 5 rings (SSSR count). The summed E-state index contributed by atoms with van der Waals surface area (Å²) in [5.74, 6) is -1.21. The Labute approximate surface area is 196 Å². The van der Waals surface area contributed by atoms with Crippen molar-refractivity contribution in [2.75, 3.05) is 30.8 Å². The van der Waals surface area contributed by atoms with E-state index >= 15 is 0 Å². The number of Topliss-reactive ketones (excluding diaryl/α,β-unsaturated/α-hetero) is 1. The van der Waals surface area contributed by atoms with Crippen LogP contribution in [0.5, 0.6) is 5.75 Å². The summed E-state index contributed by atoms with van der Waals surface area (Å²) < 4.78 is 5.18. The molecule has 172 valence electrons. The normalized spacial score (nSPS) is 20.7. The number of rotatable bonds is 5. The number of H-pyrrole nitrogens is 1. The highest BCUT2D eigenvalue weighted by atomic mass is 16.5. The predicted octanol–water partition coefficient (Wildman–Crippen LogP) is 3.03. The summed E-state index contributed by atoms with van der Waals surface area (Å²) in [7, 11) is 1.59. The number of fused-ring (bicyclic) bond motifs is 1. The van der Waals surface area contributed by atoms with Crippen LogP contribution in [-0.2, 0) is 14.4 Å². The van der Waals surface area contributed by atoms with Crippen LogP contribution in [0.4, 0.5) is 11.4 Å². The zero-order valence-corrected chi connectivity index (χ0v) is 18.6. The van der Waals surface area contributed by atoms with Gasteiger partial charge in [0.1, 0.15) is 11.7 Å². The number of aromatic nitrogens is 1. The fourth-order valence-corrected chi connectivity index (χ4v) is 4.39. The first-order valence-corrected chi connectivity index (χ1v) is 11.0. The van der Waals surface area contributed by atoms with Gasteiger partial charge < -0.3 is 25.7 Å². The summed E-state index contributed by atoms with van der Waals surface area (Å²) in [6.45, 7) is 0.762. The van der Waals surface area contributed by atoms with Crippen molar-refractivity contribution in [2.24, 2.45) is 5.92 Å². The van der Waals surface area contributed by atoms with Gasteiger partial charge in [-0.15, -0.1) is 0 Å². The number of anilines is 2. The number of methoxy groups -OCH3 is 1. The Bertz CT molecular complexity index is 1280. The Hall–Kier alpha value is -4.17. The number of amides is 2. The molecule has 0 aliphatic carbocycles. The average molecular weight is 457 g/mol. The average Bonchev–Trinajstić information content (AvgIpc) is 3.47. The van der Waals surface area contributed by atoms with E-state index in [1.807, 2.05) is 36.4 Å². The van der Waals surface area contributed by atoms with E-state index in [-0.39, 0.29) is 24.1 Å². The molecule has 2 aromatic carbocycles. The molecular weight excluding hydrogens is 432 g/mol. The van der Waals surface area contributed by atoms with Crippen LogP contribution < -0.4 is 20.7 Å². The third kappa shape index (κ3) is 4.11. The number of ketones is 1. The number of nitrogens with one attached hydrogen (secondary N) is 4. The Balaban J connectivity index is 1.31. The number of carbonyl (C=O) groups is 3. The molecular formula is C26H24N4O4. The van der Waals surface area contributed by atoms with Crippen LogP contribution in [0, 0.1) is 5.92 Å². The fourth-order valence-electron chi connectivity index (χ4n) is 4.39. The quantitative estimate of drug-likeness (QED) is 0.348. The van der Waals surface area contributed by atoms with Gasteiger partial charge in [-0.2, -0.15) is 0 Å². The maximum Gasteiger partial charge on any atom is 0.256 e. The van der Waals surface area contributed by atoms with E-state index in [4.69, 9.17) is 4.74 Å². The Morgan fingerprint density at radius 2 is 1.91 bits per heavy atom. The molecule has 2 aliphatic rings. The van der Waals surface area contributed by atoms with Crippen molar-refractivity contribution in [3.63, 3.8) is 0 Å². The van der Waals surface area contributed by atoms with Crippen molar-refractivity contribution in [1.29, 1.82) is 0 Å². The smallest absolute Gasteiger partial charge is 0.256 e. The van der Waals surface area contributed by atoms with Crippen molar-refractivity contribution in [2.45, 2.75) is 5.92 Å². The molecule has 0 spiro atoms. The van der Waals surface area contributed by atoms with Gasteiger partial charge in [-0.25, -0.2) is 0 Å². The molecule has 0 saturated carbocycles. The monoisotopic (exact) mass is 456 g/mol. The van der Waals surface area contributed by atoms with Crippen LogP contribution in [-0.4, -0.2) is 42.8 Å². The highest BCUT2D eigenvalue weighted by Crippen LogP contribution is 2.35. The molecule has 1 fully saturated rings. The van der Waals surface area contributed by atoms with Gasteiger partial charge >= 0.3 is 0 Å². The van der Waals surface area contributed by atoms with Gasteiger partial charge in [0, 0.05) is 36.2 Å². The summed E-state index contributed by atoms with van der Waals surface area (Å²) >= 11 is 0. The highest BCUT2D eigenvalue weighted by molar-refractivity contribution is 6.35. The number of aromatic amines is 1. The summed E-state index contributed by atoms with van der Waals surface area (Å²) in [5, 5.41) is 8.88. The number of benzene rings is 2. The molecule has 2 aliphatic heterocycles. The van der Waals surface area contributed by atoms with Gasteiger partial charge in [0.25, 0.3) is 5.91 Å². The third-order valence-corrected chi connectivity index (χ3v) is 6.21. The topological polar surface area (TPSA) is 112 Å². The lowest BCUT2D eigenvalue weighted by Gasteiger charge is -2.28. The second kappa shape index (κ2) is 8.99. The van der Waals surface area contributed by atoms with Crippen LogP contribution in [0.3, 0.4) is 0 Å². The van der Waals surface area contributed by atoms with Gasteiger partial charge in [-0.3, -0.25) is 14.4 Å². The van der Waals surface area contributed by atoms with E-state index in [0.29, 0.717) is 29.2 Å². The number of hydrogen-bond donors (Lipinski definition) is 4. The number of hydrogen-bond acceptors (Lipinski definition) is 5. The number of piperidine rings is 1. The molecule has 2 unspecified atom stereocenters. The first-order valence-electron chi connectivity index (χ1n) is 11.0. The molecule has 2 amide bonds. The maximum atomic E-state index is 13.1. The lowest BCUT2D eigenvalue weighted by Crippen LogP contribution is -2.47. The zero-order valence-electron chi connectivity index (χ0n) is 18.6. The summed E-state index contributed by atoms with van der Waals surface area (Å²) in [4.78, 5) is 41.6. The van der Waals surface area contributed by atoms with E-state index in [9.17, 15) is 14.4 Å². The van der Waals surface area contributed by atoms with Crippen LogP contribution in [0.1, 0.15) is 22.7 Å². The predicted molar refractivity (Wildman–Crippen MR) is 129 cm³/mol. The van der Waals surface area contributed by atoms with E-state index in [1.54, 1.807) is 37.6 Å². The van der Waals surface area contributed by atoms with Crippen molar-refractivity contribution >= 4 is 40.6 Å². The minimum atomic E-state index is -0.813. The van der Waals surface area contributed by atoms with Crippen LogP contribution in [0.2, 0.25) is 0 Å². The van der Waals surface area contributed by atoms with Gasteiger partial charge in [-0.1, -0.05) is 18.2 Å². The van der Waals surface area contributed by atoms with Gasteiger partial charge in [-0.05, 0) is 48.0 Å². The van der Waals surface area contributed by atoms with Gasteiger partial charge in [0.2, 0.25) is 5.91 Å². The molecule has 8 nitrogen and oxygen atoms in total.